The summed E-state index contributed by atoms with van der Waals surface area (Å²) in [6.45, 7) is 2.33. The predicted molar refractivity (Wildman–Crippen MR) is 110 cm³/mol. The van der Waals surface area contributed by atoms with E-state index in [4.69, 9.17) is 0 Å². The molecule has 0 fully saturated rings. The quantitative estimate of drug-likeness (QED) is 0.588. The molecule has 1 aliphatic rings. The van der Waals surface area contributed by atoms with Crippen LogP contribution in [0, 0.1) is 0 Å². The Labute approximate surface area is 175 Å². The summed E-state index contributed by atoms with van der Waals surface area (Å²) in [5, 5.41) is 11.7. The molecular weight excluding hydrogens is 413 g/mol. The summed E-state index contributed by atoms with van der Waals surface area (Å²) in [4.78, 5) is 13.6. The maximum absolute atomic E-state index is 13.8. The maximum Gasteiger partial charge on any atom is 0.410 e. The minimum Gasteiger partial charge on any atom is -0.363 e. The fourth-order valence-electron chi connectivity index (χ4n) is 3.61. The minimum atomic E-state index is -4.48. The molecule has 0 saturated carbocycles. The zero-order valence-corrected chi connectivity index (χ0v) is 17.1. The van der Waals surface area contributed by atoms with Gasteiger partial charge in [-0.1, -0.05) is 37.3 Å². The molecule has 0 spiro atoms. The van der Waals surface area contributed by atoms with Crippen molar-refractivity contribution in [2.45, 2.75) is 44.6 Å². The Morgan fingerprint density at radius 1 is 1.30 bits per heavy atom. The highest BCUT2D eigenvalue weighted by Crippen LogP contribution is 2.44. The topological polar surface area (TPSA) is 59.0 Å². The Balaban J connectivity index is 1.63. The van der Waals surface area contributed by atoms with Gasteiger partial charge in [-0.3, -0.25) is 4.79 Å². The largest absolute Gasteiger partial charge is 0.410 e. The zero-order chi connectivity index (χ0) is 21.3. The molecule has 0 saturated heterocycles. The van der Waals surface area contributed by atoms with Crippen molar-refractivity contribution in [3.8, 4) is 0 Å². The van der Waals surface area contributed by atoms with Crippen LogP contribution in [-0.4, -0.2) is 21.9 Å². The second-order valence-electron chi connectivity index (χ2n) is 7.20. The molecule has 2 atom stereocenters. The van der Waals surface area contributed by atoms with Crippen molar-refractivity contribution >= 4 is 23.1 Å². The molecule has 3 aromatic rings. The standard InChI is InChI=1S/C21H21F3N4OS/c1-2-13-5-7-14(8-6-13)17-10-18(21(22,23)24)28-19(27-17)16(12-26-28)20(29)25-11-15-4-3-9-30-15/h3-9,12,17-18,27H,2,10-11H2,1H3,(H,25,29)/t17-,18+/m1/s1. The summed E-state index contributed by atoms with van der Waals surface area (Å²) in [5.74, 6) is -0.364. The third kappa shape index (κ3) is 4.07. The molecule has 2 N–H and O–H groups in total. The Morgan fingerprint density at radius 2 is 2.07 bits per heavy atom. The summed E-state index contributed by atoms with van der Waals surface area (Å²) < 4.78 is 42.2. The van der Waals surface area contributed by atoms with E-state index in [9.17, 15) is 18.0 Å². The summed E-state index contributed by atoms with van der Waals surface area (Å²) in [7, 11) is 0. The zero-order valence-electron chi connectivity index (χ0n) is 16.2. The average Bonchev–Trinajstić information content (AvgIpc) is 3.40. The first-order valence-corrected chi connectivity index (χ1v) is 10.5. The van der Waals surface area contributed by atoms with Gasteiger partial charge in [0.05, 0.1) is 18.8 Å². The molecule has 30 heavy (non-hydrogen) atoms. The number of nitrogens with zero attached hydrogens (tertiary/aromatic N) is 2. The molecule has 1 amide bonds. The molecule has 0 radical (unpaired) electrons. The fourth-order valence-corrected chi connectivity index (χ4v) is 4.25. The third-order valence-corrected chi connectivity index (χ3v) is 6.15. The van der Waals surface area contributed by atoms with Crippen molar-refractivity contribution in [2.24, 2.45) is 0 Å². The van der Waals surface area contributed by atoms with Gasteiger partial charge in [0.1, 0.15) is 11.4 Å². The summed E-state index contributed by atoms with van der Waals surface area (Å²) >= 11 is 1.50. The Morgan fingerprint density at radius 3 is 2.70 bits per heavy atom. The highest BCUT2D eigenvalue weighted by molar-refractivity contribution is 7.09. The molecule has 9 heteroatoms. The van der Waals surface area contributed by atoms with E-state index >= 15 is 0 Å². The number of aryl methyl sites for hydroxylation is 1. The lowest BCUT2D eigenvalue weighted by Crippen LogP contribution is -2.36. The number of nitrogens with one attached hydrogen (secondary N) is 2. The van der Waals surface area contributed by atoms with Gasteiger partial charge in [0.2, 0.25) is 0 Å². The number of alkyl halides is 3. The van der Waals surface area contributed by atoms with Crippen LogP contribution in [0.3, 0.4) is 0 Å². The van der Waals surface area contributed by atoms with Crippen LogP contribution in [0.25, 0.3) is 0 Å². The van der Waals surface area contributed by atoms with Gasteiger partial charge in [0, 0.05) is 11.3 Å². The van der Waals surface area contributed by atoms with E-state index in [1.807, 2.05) is 48.7 Å². The average molecular weight is 434 g/mol. The van der Waals surface area contributed by atoms with Crippen molar-refractivity contribution in [3.05, 3.63) is 69.5 Å². The number of anilines is 1. The van der Waals surface area contributed by atoms with Gasteiger partial charge in [-0.05, 0) is 29.0 Å². The SMILES string of the molecule is CCc1ccc([C@H]2C[C@@H](C(F)(F)F)n3ncc(C(=O)NCc4cccs4)c3N2)cc1. The van der Waals surface area contributed by atoms with Crippen molar-refractivity contribution in [2.75, 3.05) is 5.32 Å². The third-order valence-electron chi connectivity index (χ3n) is 5.28. The predicted octanol–water partition coefficient (Wildman–Crippen LogP) is 5.10. The number of aromatic nitrogens is 2. The molecule has 2 aromatic heterocycles. The molecule has 4 rings (SSSR count). The van der Waals surface area contributed by atoms with Gasteiger partial charge in [-0.25, -0.2) is 4.68 Å². The van der Waals surface area contributed by atoms with Crippen molar-refractivity contribution < 1.29 is 18.0 Å². The lowest BCUT2D eigenvalue weighted by Gasteiger charge is -2.34. The molecule has 0 unspecified atom stereocenters. The van der Waals surface area contributed by atoms with E-state index in [0.29, 0.717) is 6.54 Å². The number of fused-ring (bicyclic) bond motifs is 1. The number of thiophene rings is 1. The van der Waals surface area contributed by atoms with Crippen LogP contribution in [0.15, 0.2) is 48.0 Å². The van der Waals surface area contributed by atoms with Crippen LogP contribution in [0.1, 0.15) is 51.8 Å². The number of hydrogen-bond acceptors (Lipinski definition) is 4. The lowest BCUT2D eigenvalue weighted by atomic mass is 9.95. The molecule has 0 bridgehead atoms. The van der Waals surface area contributed by atoms with Crippen LogP contribution < -0.4 is 10.6 Å². The minimum absolute atomic E-state index is 0.0943. The Kier molecular flexibility index (Phi) is 5.55. The normalized spacial score (nSPS) is 18.5. The molecule has 158 valence electrons. The Hall–Kier alpha value is -2.81. The van der Waals surface area contributed by atoms with Crippen molar-refractivity contribution in [1.82, 2.24) is 15.1 Å². The van der Waals surface area contributed by atoms with Gasteiger partial charge in [-0.15, -0.1) is 11.3 Å². The summed E-state index contributed by atoms with van der Waals surface area (Å²) in [6.07, 6.45) is -2.62. The first kappa shape index (κ1) is 20.5. The number of carbonyl (C=O) groups is 1. The molecular formula is C21H21F3N4OS. The van der Waals surface area contributed by atoms with Gasteiger partial charge in [0.15, 0.2) is 6.04 Å². The van der Waals surface area contributed by atoms with Gasteiger partial charge in [0.25, 0.3) is 5.91 Å². The van der Waals surface area contributed by atoms with Crippen LogP contribution in [-0.2, 0) is 13.0 Å². The fraction of sp³-hybridized carbons (Fsp3) is 0.333. The number of benzene rings is 1. The summed E-state index contributed by atoms with van der Waals surface area (Å²) in [5.41, 5.74) is 1.97. The van der Waals surface area contributed by atoms with E-state index in [0.717, 1.165) is 27.1 Å². The van der Waals surface area contributed by atoms with Crippen molar-refractivity contribution in [1.29, 1.82) is 0 Å². The van der Waals surface area contributed by atoms with Gasteiger partial charge < -0.3 is 10.6 Å². The molecule has 3 heterocycles. The summed E-state index contributed by atoms with van der Waals surface area (Å²) in [6, 6.07) is 8.89. The highest BCUT2D eigenvalue weighted by atomic mass is 32.1. The number of rotatable bonds is 5. The first-order valence-electron chi connectivity index (χ1n) is 9.67. The van der Waals surface area contributed by atoms with Crippen molar-refractivity contribution in [3.63, 3.8) is 0 Å². The monoisotopic (exact) mass is 434 g/mol. The van der Waals surface area contributed by atoms with Gasteiger partial charge in [-0.2, -0.15) is 18.3 Å². The maximum atomic E-state index is 13.8. The van der Waals surface area contributed by atoms with E-state index in [2.05, 4.69) is 15.7 Å². The second-order valence-corrected chi connectivity index (χ2v) is 8.23. The number of hydrogen-bond donors (Lipinski definition) is 2. The van der Waals surface area contributed by atoms with E-state index in [-0.39, 0.29) is 17.8 Å². The number of amides is 1. The number of carbonyl (C=O) groups excluding carboxylic acids is 1. The molecule has 0 aliphatic carbocycles. The number of halogens is 3. The van der Waals surface area contributed by atoms with Crippen LogP contribution in [0.2, 0.25) is 0 Å². The van der Waals surface area contributed by atoms with Crippen LogP contribution in [0.5, 0.6) is 0 Å². The Bertz CT molecular complexity index is 1010. The van der Waals surface area contributed by atoms with E-state index < -0.39 is 24.2 Å². The molecule has 1 aromatic carbocycles. The van der Waals surface area contributed by atoms with Crippen LogP contribution >= 0.6 is 11.3 Å². The first-order chi connectivity index (χ1) is 14.4. The molecule has 5 nitrogen and oxygen atoms in total. The second kappa shape index (κ2) is 8.14. The van der Waals surface area contributed by atoms with Crippen LogP contribution in [0.4, 0.5) is 19.0 Å². The van der Waals surface area contributed by atoms with E-state index in [1.54, 1.807) is 0 Å². The van der Waals surface area contributed by atoms with E-state index in [1.165, 1.54) is 17.5 Å². The lowest BCUT2D eigenvalue weighted by molar-refractivity contribution is -0.173. The smallest absolute Gasteiger partial charge is 0.363 e. The highest BCUT2D eigenvalue weighted by Gasteiger charge is 2.47. The van der Waals surface area contributed by atoms with Gasteiger partial charge >= 0.3 is 6.18 Å². The molecule has 1 aliphatic heterocycles.